The van der Waals surface area contributed by atoms with Crippen molar-refractivity contribution in [1.29, 1.82) is 0 Å². The second-order valence-corrected chi connectivity index (χ2v) is 10.1. The zero-order valence-corrected chi connectivity index (χ0v) is 21.6. The average molecular weight is 511 g/mol. The van der Waals surface area contributed by atoms with Gasteiger partial charge in [-0.1, -0.05) is 36.0 Å². The van der Waals surface area contributed by atoms with E-state index in [9.17, 15) is 4.39 Å². The molecule has 0 saturated heterocycles. The van der Waals surface area contributed by atoms with Gasteiger partial charge in [-0.15, -0.1) is 0 Å². The second-order valence-electron chi connectivity index (χ2n) is 9.24. The average Bonchev–Trinajstić information content (AvgIpc) is 3.36. The summed E-state index contributed by atoms with van der Waals surface area (Å²) in [6.07, 6.45) is 5.28. The van der Waals surface area contributed by atoms with Gasteiger partial charge in [0, 0.05) is 5.41 Å². The molecular formula is C31H27FN2O2S. The normalized spacial score (nSPS) is 19.8. The molecule has 3 aromatic rings. The van der Waals surface area contributed by atoms with Crippen molar-refractivity contribution in [3.05, 3.63) is 118 Å². The SMILES string of the molecule is COc1ccc(/C=C2\CCCC3=C2N=C2SC=C(c4ccc(F)cc4)N2[C@@H]3c2ccc(OC)cc2)cc1. The minimum atomic E-state index is -0.236. The molecular weight excluding hydrogens is 483 g/mol. The highest BCUT2D eigenvalue weighted by Gasteiger charge is 2.40. The van der Waals surface area contributed by atoms with E-state index >= 15 is 0 Å². The molecule has 2 heterocycles. The first-order chi connectivity index (χ1) is 18.1. The number of rotatable bonds is 5. The van der Waals surface area contributed by atoms with Crippen LogP contribution in [-0.4, -0.2) is 24.3 Å². The number of thioether (sulfide) groups is 1. The molecule has 3 aliphatic rings. The number of methoxy groups -OCH3 is 2. The Labute approximate surface area is 220 Å². The highest BCUT2D eigenvalue weighted by Crippen LogP contribution is 2.51. The third kappa shape index (κ3) is 4.46. The van der Waals surface area contributed by atoms with E-state index in [1.807, 2.05) is 36.4 Å². The summed E-state index contributed by atoms with van der Waals surface area (Å²) in [4.78, 5) is 7.54. The summed E-state index contributed by atoms with van der Waals surface area (Å²) in [7, 11) is 3.37. The maximum absolute atomic E-state index is 13.7. The monoisotopic (exact) mass is 510 g/mol. The van der Waals surface area contributed by atoms with Gasteiger partial charge in [-0.2, -0.15) is 0 Å². The van der Waals surface area contributed by atoms with E-state index in [1.54, 1.807) is 26.0 Å². The summed E-state index contributed by atoms with van der Waals surface area (Å²) in [5.41, 5.74) is 8.01. The van der Waals surface area contributed by atoms with Crippen molar-refractivity contribution < 1.29 is 13.9 Å². The third-order valence-electron chi connectivity index (χ3n) is 7.07. The number of allylic oxidation sites excluding steroid dienone is 1. The number of ether oxygens (including phenoxy) is 2. The van der Waals surface area contributed by atoms with E-state index in [0.717, 1.165) is 58.5 Å². The molecule has 0 amide bonds. The zero-order chi connectivity index (χ0) is 25.4. The van der Waals surface area contributed by atoms with Crippen LogP contribution in [0, 0.1) is 5.82 Å². The molecule has 0 bridgehead atoms. The lowest BCUT2D eigenvalue weighted by atomic mass is 9.82. The van der Waals surface area contributed by atoms with Crippen LogP contribution in [0.5, 0.6) is 11.5 Å². The maximum atomic E-state index is 13.7. The summed E-state index contributed by atoms with van der Waals surface area (Å²) >= 11 is 1.63. The Morgan fingerprint density at radius 1 is 0.892 bits per heavy atom. The molecule has 0 aromatic heterocycles. The van der Waals surface area contributed by atoms with E-state index in [0.29, 0.717) is 0 Å². The van der Waals surface area contributed by atoms with Crippen molar-refractivity contribution in [2.75, 3.05) is 14.2 Å². The fraction of sp³-hybridized carbons (Fsp3) is 0.194. The fourth-order valence-electron chi connectivity index (χ4n) is 5.23. The van der Waals surface area contributed by atoms with Crippen LogP contribution in [0.3, 0.4) is 0 Å². The molecule has 0 saturated carbocycles. The first-order valence-electron chi connectivity index (χ1n) is 12.4. The number of aliphatic imine (C=N–C) groups is 1. The van der Waals surface area contributed by atoms with Crippen molar-refractivity contribution in [3.8, 4) is 11.5 Å². The van der Waals surface area contributed by atoms with Crippen LogP contribution >= 0.6 is 11.8 Å². The molecule has 6 heteroatoms. The maximum Gasteiger partial charge on any atom is 0.174 e. The van der Waals surface area contributed by atoms with Gasteiger partial charge < -0.3 is 14.4 Å². The van der Waals surface area contributed by atoms with Crippen molar-refractivity contribution in [2.45, 2.75) is 25.3 Å². The minimum absolute atomic E-state index is 0.000670. The van der Waals surface area contributed by atoms with Crippen molar-refractivity contribution in [1.82, 2.24) is 4.90 Å². The molecule has 0 unspecified atom stereocenters. The second kappa shape index (κ2) is 9.94. The van der Waals surface area contributed by atoms with E-state index in [1.165, 1.54) is 28.8 Å². The van der Waals surface area contributed by atoms with Crippen LogP contribution in [0.15, 0.2) is 100 Å². The third-order valence-corrected chi connectivity index (χ3v) is 7.91. The molecule has 0 N–H and O–H groups in total. The first kappa shape index (κ1) is 23.6. The Hall–Kier alpha value is -3.77. The van der Waals surface area contributed by atoms with Gasteiger partial charge in [0.25, 0.3) is 0 Å². The summed E-state index contributed by atoms with van der Waals surface area (Å²) in [6.45, 7) is 0. The van der Waals surface area contributed by atoms with Crippen LogP contribution in [-0.2, 0) is 0 Å². The minimum Gasteiger partial charge on any atom is -0.497 e. The van der Waals surface area contributed by atoms with Gasteiger partial charge in [-0.25, -0.2) is 9.38 Å². The van der Waals surface area contributed by atoms with Crippen LogP contribution in [0.2, 0.25) is 0 Å². The van der Waals surface area contributed by atoms with Gasteiger partial charge in [0.1, 0.15) is 17.3 Å². The standard InChI is InChI=1S/C31H27FN2O2S/c1-35-25-14-6-20(7-15-25)18-23-4-3-5-27-29(23)33-31-34(30(27)22-10-16-26(36-2)17-11-22)28(19-37-31)21-8-12-24(32)13-9-21/h6-19,30H,3-5H2,1-2H3/b23-18+/t30-/m1/s1. The van der Waals surface area contributed by atoms with E-state index in [2.05, 4.69) is 40.6 Å². The molecule has 2 aliphatic heterocycles. The van der Waals surface area contributed by atoms with Crippen LogP contribution in [0.1, 0.15) is 42.0 Å². The molecule has 186 valence electrons. The van der Waals surface area contributed by atoms with Crippen LogP contribution in [0.25, 0.3) is 11.8 Å². The molecule has 0 radical (unpaired) electrons. The Balaban J connectivity index is 1.46. The topological polar surface area (TPSA) is 34.1 Å². The number of benzene rings is 3. The summed E-state index contributed by atoms with van der Waals surface area (Å²) in [5, 5.41) is 3.08. The number of hydrogen-bond donors (Lipinski definition) is 0. The molecule has 0 fully saturated rings. The molecule has 1 aliphatic carbocycles. The predicted molar refractivity (Wildman–Crippen MR) is 149 cm³/mol. The van der Waals surface area contributed by atoms with Gasteiger partial charge >= 0.3 is 0 Å². The van der Waals surface area contributed by atoms with Crippen LogP contribution < -0.4 is 9.47 Å². The van der Waals surface area contributed by atoms with E-state index < -0.39 is 0 Å². The number of halogens is 1. The number of amidine groups is 1. The Kier molecular flexibility index (Phi) is 6.35. The zero-order valence-electron chi connectivity index (χ0n) is 20.8. The Bertz CT molecular complexity index is 1440. The predicted octanol–water partition coefficient (Wildman–Crippen LogP) is 7.82. The highest BCUT2D eigenvalue weighted by molar-refractivity contribution is 8.16. The number of hydrogen-bond acceptors (Lipinski definition) is 5. The van der Waals surface area contributed by atoms with E-state index in [-0.39, 0.29) is 11.9 Å². The fourth-order valence-corrected chi connectivity index (χ4v) is 6.16. The molecule has 37 heavy (non-hydrogen) atoms. The number of fused-ring (bicyclic) bond motifs is 1. The summed E-state index contributed by atoms with van der Waals surface area (Å²) < 4.78 is 24.5. The van der Waals surface area contributed by atoms with Crippen LogP contribution in [0.4, 0.5) is 4.39 Å². The largest absolute Gasteiger partial charge is 0.497 e. The Morgan fingerprint density at radius 3 is 2.24 bits per heavy atom. The van der Waals surface area contributed by atoms with Gasteiger partial charge in [0.2, 0.25) is 0 Å². The number of nitrogens with zero attached hydrogens (tertiary/aromatic N) is 2. The molecule has 1 atom stereocenters. The highest BCUT2D eigenvalue weighted by atomic mass is 32.2. The Morgan fingerprint density at radius 2 is 1.57 bits per heavy atom. The first-order valence-corrected chi connectivity index (χ1v) is 13.3. The van der Waals surface area contributed by atoms with Crippen molar-refractivity contribution in [2.24, 2.45) is 4.99 Å². The lowest BCUT2D eigenvalue weighted by molar-refractivity contribution is 0.413. The molecule has 6 rings (SSSR count). The molecule has 3 aromatic carbocycles. The molecule has 0 spiro atoms. The molecule has 4 nitrogen and oxygen atoms in total. The van der Waals surface area contributed by atoms with Gasteiger partial charge in [0.15, 0.2) is 5.17 Å². The lowest BCUT2D eigenvalue weighted by Gasteiger charge is -2.40. The van der Waals surface area contributed by atoms with Gasteiger partial charge in [-0.3, -0.25) is 0 Å². The smallest absolute Gasteiger partial charge is 0.174 e. The van der Waals surface area contributed by atoms with Crippen molar-refractivity contribution >= 4 is 28.7 Å². The quantitative estimate of drug-likeness (QED) is 0.350. The van der Waals surface area contributed by atoms with Gasteiger partial charge in [-0.05, 0) is 102 Å². The van der Waals surface area contributed by atoms with E-state index in [4.69, 9.17) is 14.5 Å². The lowest BCUT2D eigenvalue weighted by Crippen LogP contribution is -2.34. The van der Waals surface area contributed by atoms with Crippen molar-refractivity contribution in [3.63, 3.8) is 0 Å². The van der Waals surface area contributed by atoms with Gasteiger partial charge in [0.05, 0.1) is 31.7 Å². The summed E-state index contributed by atoms with van der Waals surface area (Å²) in [5.74, 6) is 1.44. The summed E-state index contributed by atoms with van der Waals surface area (Å²) in [6, 6.07) is 23.2.